The van der Waals surface area contributed by atoms with Crippen LogP contribution in [0.2, 0.25) is 0 Å². The average molecular weight is 424 g/mol. The van der Waals surface area contributed by atoms with Gasteiger partial charge in [0.2, 0.25) is 0 Å². The zero-order valence-electron chi connectivity index (χ0n) is 18.5. The van der Waals surface area contributed by atoms with Crippen LogP contribution >= 0.6 is 0 Å². The molecule has 4 atom stereocenters. The number of piperidine rings is 1. The zero-order valence-corrected chi connectivity index (χ0v) is 18.5. The van der Waals surface area contributed by atoms with Crippen molar-refractivity contribution in [3.8, 4) is 11.5 Å². The highest BCUT2D eigenvalue weighted by Crippen LogP contribution is 2.61. The number of aliphatic hydroxyl groups is 2. The third-order valence-corrected chi connectivity index (χ3v) is 8.14. The molecule has 2 aliphatic carbocycles. The first-order chi connectivity index (χ1) is 15.0. The molecule has 31 heavy (non-hydrogen) atoms. The Morgan fingerprint density at radius 2 is 1.87 bits per heavy atom. The number of hydrogen-bond acceptors (Lipinski definition) is 5. The van der Waals surface area contributed by atoms with Crippen molar-refractivity contribution in [2.45, 2.75) is 61.7 Å². The maximum Gasteiger partial charge on any atom is 0.164 e. The molecule has 0 amide bonds. The second kappa shape index (κ2) is 7.80. The summed E-state index contributed by atoms with van der Waals surface area (Å²) in [6, 6.07) is 14.7. The topological polar surface area (TPSA) is 62.2 Å². The number of benzene rings is 2. The van der Waals surface area contributed by atoms with E-state index >= 15 is 0 Å². The molecule has 5 heteroatoms. The number of nitrogens with zero attached hydrogens (tertiary/aromatic N) is 1. The van der Waals surface area contributed by atoms with E-state index in [0.29, 0.717) is 25.0 Å². The number of fused-ring (bicyclic) bond motifs is 1. The number of likely N-dealkylation sites (tertiary alicyclic amines) is 1. The summed E-state index contributed by atoms with van der Waals surface area (Å²) in [4.78, 5) is 2.49. The molecule has 3 aliphatic rings. The van der Waals surface area contributed by atoms with E-state index in [1.165, 1.54) is 11.1 Å². The van der Waals surface area contributed by atoms with E-state index in [-0.39, 0.29) is 6.04 Å². The van der Waals surface area contributed by atoms with Crippen molar-refractivity contribution >= 4 is 0 Å². The molecule has 0 aromatic heterocycles. The molecule has 5 nitrogen and oxygen atoms in total. The molecule has 2 bridgehead atoms. The van der Waals surface area contributed by atoms with Crippen molar-refractivity contribution in [1.29, 1.82) is 0 Å². The predicted octanol–water partition coefficient (Wildman–Crippen LogP) is 3.09. The minimum Gasteiger partial charge on any atom is -0.493 e. The van der Waals surface area contributed by atoms with Gasteiger partial charge in [-0.3, -0.25) is 4.90 Å². The lowest BCUT2D eigenvalue weighted by molar-refractivity contribution is -0.182. The maximum absolute atomic E-state index is 12.3. The van der Waals surface area contributed by atoms with Gasteiger partial charge in [0.05, 0.1) is 25.9 Å². The van der Waals surface area contributed by atoms with Gasteiger partial charge in [-0.25, -0.2) is 0 Å². The summed E-state index contributed by atoms with van der Waals surface area (Å²) in [6.07, 6.45) is 3.99. The van der Waals surface area contributed by atoms with Crippen LogP contribution in [0.15, 0.2) is 42.5 Å². The fourth-order valence-corrected chi connectivity index (χ4v) is 6.70. The lowest BCUT2D eigenvalue weighted by Gasteiger charge is -2.64. The van der Waals surface area contributed by atoms with E-state index in [0.717, 1.165) is 43.7 Å². The third kappa shape index (κ3) is 3.09. The van der Waals surface area contributed by atoms with Gasteiger partial charge in [-0.1, -0.05) is 36.4 Å². The van der Waals surface area contributed by atoms with Crippen molar-refractivity contribution in [3.05, 3.63) is 59.2 Å². The Kier molecular flexibility index (Phi) is 5.24. The van der Waals surface area contributed by atoms with Gasteiger partial charge in [0.1, 0.15) is 0 Å². The molecule has 0 radical (unpaired) electrons. The quantitative estimate of drug-likeness (QED) is 0.774. The molecule has 2 N–H and O–H groups in total. The molecule has 2 aromatic carbocycles. The number of aliphatic hydroxyl groups excluding tert-OH is 1. The fourth-order valence-electron chi connectivity index (χ4n) is 6.70. The summed E-state index contributed by atoms with van der Waals surface area (Å²) >= 11 is 0. The molecule has 2 fully saturated rings. The van der Waals surface area contributed by atoms with E-state index in [2.05, 4.69) is 41.3 Å². The van der Waals surface area contributed by atoms with E-state index in [9.17, 15) is 10.2 Å². The predicted molar refractivity (Wildman–Crippen MR) is 120 cm³/mol. The van der Waals surface area contributed by atoms with Crippen LogP contribution in [-0.2, 0) is 18.3 Å². The second-order valence-corrected chi connectivity index (χ2v) is 9.48. The SMILES string of the molecule is COc1ccc2c(c1OC)[C@]13CCN(CCc4ccccc4)[C@H](C2)[C@]1(O)CC[C@@H](O)C3. The first kappa shape index (κ1) is 20.8. The van der Waals surface area contributed by atoms with Gasteiger partial charge in [-0.2, -0.15) is 0 Å². The van der Waals surface area contributed by atoms with E-state index in [4.69, 9.17) is 9.47 Å². The van der Waals surface area contributed by atoms with Crippen molar-refractivity contribution in [3.63, 3.8) is 0 Å². The maximum atomic E-state index is 12.3. The normalized spacial score (nSPS) is 32.1. The fraction of sp³-hybridized carbons (Fsp3) is 0.538. The van der Waals surface area contributed by atoms with Crippen LogP contribution in [0.25, 0.3) is 0 Å². The Labute approximate surface area is 184 Å². The molecular weight excluding hydrogens is 390 g/mol. The van der Waals surface area contributed by atoms with Crippen LogP contribution < -0.4 is 9.47 Å². The molecule has 1 aliphatic heterocycles. The lowest BCUT2D eigenvalue weighted by Crippen LogP contribution is -2.73. The molecule has 1 heterocycles. The molecular formula is C26H33NO4. The number of methoxy groups -OCH3 is 2. The standard InChI is InChI=1S/C26H33NO4/c1-30-21-9-8-19-16-22-26(29)12-10-20(28)17-25(26,23(19)24(21)31-2)13-15-27(22)14-11-18-6-4-3-5-7-18/h3-9,20,22,28-29H,10-17H2,1-2H3/t20-,22-,25-,26-/m1/s1. The number of rotatable bonds is 5. The minimum absolute atomic E-state index is 0.0445. The van der Waals surface area contributed by atoms with Crippen LogP contribution in [-0.4, -0.2) is 60.2 Å². The molecule has 1 saturated carbocycles. The second-order valence-electron chi connectivity index (χ2n) is 9.48. The summed E-state index contributed by atoms with van der Waals surface area (Å²) in [7, 11) is 3.33. The Balaban J connectivity index is 1.57. The summed E-state index contributed by atoms with van der Waals surface area (Å²) in [5.74, 6) is 1.42. The smallest absolute Gasteiger partial charge is 0.164 e. The van der Waals surface area contributed by atoms with Gasteiger partial charge in [-0.15, -0.1) is 0 Å². The largest absolute Gasteiger partial charge is 0.493 e. The van der Waals surface area contributed by atoms with E-state index in [1.807, 2.05) is 6.07 Å². The molecule has 5 rings (SSSR count). The molecule has 1 saturated heterocycles. The Morgan fingerprint density at radius 3 is 2.61 bits per heavy atom. The molecule has 0 unspecified atom stereocenters. The van der Waals surface area contributed by atoms with Gasteiger partial charge in [-0.05, 0) is 62.3 Å². The van der Waals surface area contributed by atoms with E-state index < -0.39 is 17.1 Å². The first-order valence-electron chi connectivity index (χ1n) is 11.4. The Bertz CT molecular complexity index is 948. The van der Waals surface area contributed by atoms with Gasteiger partial charge < -0.3 is 19.7 Å². The highest BCUT2D eigenvalue weighted by Gasteiger charge is 2.65. The van der Waals surface area contributed by atoms with Crippen LogP contribution in [0.3, 0.4) is 0 Å². The lowest BCUT2D eigenvalue weighted by atomic mass is 9.49. The van der Waals surface area contributed by atoms with E-state index in [1.54, 1.807) is 14.2 Å². The molecule has 0 spiro atoms. The highest BCUT2D eigenvalue weighted by atomic mass is 16.5. The monoisotopic (exact) mass is 423 g/mol. The van der Waals surface area contributed by atoms with Crippen LogP contribution in [0.4, 0.5) is 0 Å². The van der Waals surface area contributed by atoms with Crippen LogP contribution in [0.1, 0.15) is 42.4 Å². The number of ether oxygens (including phenoxy) is 2. The summed E-state index contributed by atoms with van der Waals surface area (Å²) in [6.45, 7) is 1.84. The van der Waals surface area contributed by atoms with Crippen LogP contribution in [0.5, 0.6) is 11.5 Å². The molecule has 2 aromatic rings. The Morgan fingerprint density at radius 1 is 1.06 bits per heavy atom. The van der Waals surface area contributed by atoms with Crippen molar-refractivity contribution in [2.75, 3.05) is 27.3 Å². The third-order valence-electron chi connectivity index (χ3n) is 8.14. The van der Waals surface area contributed by atoms with Gasteiger partial charge >= 0.3 is 0 Å². The first-order valence-corrected chi connectivity index (χ1v) is 11.4. The minimum atomic E-state index is -0.881. The van der Waals surface area contributed by atoms with Crippen molar-refractivity contribution in [2.24, 2.45) is 0 Å². The summed E-state index contributed by atoms with van der Waals surface area (Å²) < 4.78 is 11.5. The van der Waals surface area contributed by atoms with Crippen molar-refractivity contribution < 1.29 is 19.7 Å². The number of hydrogen-bond donors (Lipinski definition) is 2. The van der Waals surface area contributed by atoms with Gasteiger partial charge in [0.25, 0.3) is 0 Å². The van der Waals surface area contributed by atoms with Crippen LogP contribution in [0, 0.1) is 0 Å². The summed E-state index contributed by atoms with van der Waals surface area (Å²) in [5.41, 5.74) is 2.22. The average Bonchev–Trinajstić information content (AvgIpc) is 2.79. The summed E-state index contributed by atoms with van der Waals surface area (Å²) in [5, 5.41) is 23.0. The van der Waals surface area contributed by atoms with Crippen molar-refractivity contribution in [1.82, 2.24) is 4.90 Å². The Hall–Kier alpha value is -2.08. The zero-order chi connectivity index (χ0) is 21.6. The highest BCUT2D eigenvalue weighted by molar-refractivity contribution is 5.59. The molecule has 166 valence electrons. The van der Waals surface area contributed by atoms with Gasteiger partial charge in [0.15, 0.2) is 11.5 Å². The van der Waals surface area contributed by atoms with Gasteiger partial charge in [0, 0.05) is 23.6 Å².